The number of carboxylic acid groups (broad SMARTS) is 1. The molecular weight excluding hydrogens is 234 g/mol. The Morgan fingerprint density at radius 2 is 2.39 bits per heavy atom. The molecule has 6 heteroatoms. The molecule has 1 aromatic heterocycles. The van der Waals surface area contributed by atoms with E-state index in [1.54, 1.807) is 0 Å². The predicted molar refractivity (Wildman–Crippen MR) is 62.1 cm³/mol. The van der Waals surface area contributed by atoms with Crippen LogP contribution >= 0.6 is 0 Å². The van der Waals surface area contributed by atoms with Gasteiger partial charge in [0.2, 0.25) is 0 Å². The van der Waals surface area contributed by atoms with Crippen molar-refractivity contribution in [2.75, 3.05) is 13.2 Å². The maximum Gasteiger partial charge on any atom is 0.307 e. The van der Waals surface area contributed by atoms with E-state index in [4.69, 9.17) is 9.84 Å². The first kappa shape index (κ1) is 11.6. The third-order valence-corrected chi connectivity index (χ3v) is 3.76. The van der Waals surface area contributed by atoms with Crippen LogP contribution in [0.3, 0.4) is 0 Å². The van der Waals surface area contributed by atoms with Crippen molar-refractivity contribution in [1.82, 2.24) is 14.8 Å². The van der Waals surface area contributed by atoms with Crippen molar-refractivity contribution < 1.29 is 14.6 Å². The van der Waals surface area contributed by atoms with E-state index >= 15 is 0 Å². The number of carboxylic acids is 1. The fourth-order valence-electron chi connectivity index (χ4n) is 2.66. The number of carbonyl (C=O) groups is 1. The second-order valence-corrected chi connectivity index (χ2v) is 5.13. The van der Waals surface area contributed by atoms with Crippen molar-refractivity contribution >= 4 is 5.97 Å². The van der Waals surface area contributed by atoms with Gasteiger partial charge in [-0.3, -0.25) is 4.79 Å². The van der Waals surface area contributed by atoms with E-state index in [2.05, 4.69) is 10.1 Å². The number of ether oxygens (including phenoxy) is 1. The molecular formula is C12H17N3O3. The minimum Gasteiger partial charge on any atom is -0.481 e. The Morgan fingerprint density at radius 3 is 3.11 bits per heavy atom. The van der Waals surface area contributed by atoms with Crippen LogP contribution in [0.4, 0.5) is 0 Å². The molecule has 1 aromatic rings. The number of fused-ring (bicyclic) bond motifs is 1. The molecule has 2 unspecified atom stereocenters. The summed E-state index contributed by atoms with van der Waals surface area (Å²) in [5.74, 6) is 1.15. The predicted octanol–water partition coefficient (Wildman–Crippen LogP) is 0.504. The third-order valence-electron chi connectivity index (χ3n) is 3.76. The summed E-state index contributed by atoms with van der Waals surface area (Å²) in [7, 11) is 0. The molecule has 98 valence electrons. The number of aliphatic carboxylic acids is 1. The zero-order valence-electron chi connectivity index (χ0n) is 10.2. The maximum atomic E-state index is 11.0. The number of hydrogen-bond donors (Lipinski definition) is 1. The lowest BCUT2D eigenvalue weighted by molar-refractivity contribution is -0.142. The number of aromatic nitrogens is 3. The lowest BCUT2D eigenvalue weighted by atomic mass is 9.98. The number of rotatable bonds is 3. The van der Waals surface area contributed by atoms with Gasteiger partial charge in [-0.1, -0.05) is 0 Å². The molecule has 0 spiro atoms. The molecule has 0 aliphatic carbocycles. The molecule has 0 bridgehead atoms. The summed E-state index contributed by atoms with van der Waals surface area (Å²) >= 11 is 0. The normalized spacial score (nSPS) is 27.1. The van der Waals surface area contributed by atoms with Crippen LogP contribution in [0.1, 0.15) is 24.5 Å². The van der Waals surface area contributed by atoms with Crippen molar-refractivity contribution in [2.45, 2.75) is 32.2 Å². The van der Waals surface area contributed by atoms with Gasteiger partial charge >= 0.3 is 5.97 Å². The van der Waals surface area contributed by atoms with E-state index < -0.39 is 5.97 Å². The summed E-state index contributed by atoms with van der Waals surface area (Å²) in [6.45, 7) is 2.29. The highest BCUT2D eigenvalue weighted by atomic mass is 16.5. The number of hydrogen-bond acceptors (Lipinski definition) is 4. The van der Waals surface area contributed by atoms with Gasteiger partial charge < -0.3 is 9.84 Å². The summed E-state index contributed by atoms with van der Waals surface area (Å²) in [4.78, 5) is 15.5. The monoisotopic (exact) mass is 251 g/mol. The summed E-state index contributed by atoms with van der Waals surface area (Å²) in [5, 5.41) is 13.5. The van der Waals surface area contributed by atoms with E-state index in [1.807, 2.05) is 4.68 Å². The van der Waals surface area contributed by atoms with Gasteiger partial charge in [-0.2, -0.15) is 5.10 Å². The van der Waals surface area contributed by atoms with Gasteiger partial charge in [-0.15, -0.1) is 0 Å². The Hall–Kier alpha value is -1.43. The van der Waals surface area contributed by atoms with Crippen LogP contribution in [0.15, 0.2) is 0 Å². The minimum absolute atomic E-state index is 0.302. The van der Waals surface area contributed by atoms with Crippen molar-refractivity contribution in [1.29, 1.82) is 0 Å². The Bertz CT molecular complexity index is 451. The molecule has 2 aliphatic heterocycles. The van der Waals surface area contributed by atoms with Crippen molar-refractivity contribution in [2.24, 2.45) is 11.8 Å². The van der Waals surface area contributed by atoms with Crippen LogP contribution in [-0.4, -0.2) is 39.1 Å². The van der Waals surface area contributed by atoms with E-state index in [0.29, 0.717) is 25.3 Å². The number of nitrogens with zero attached hydrogens (tertiary/aromatic N) is 3. The Morgan fingerprint density at radius 1 is 1.50 bits per heavy atom. The zero-order valence-corrected chi connectivity index (χ0v) is 10.2. The largest absolute Gasteiger partial charge is 0.481 e. The zero-order chi connectivity index (χ0) is 12.5. The maximum absolute atomic E-state index is 11.0. The van der Waals surface area contributed by atoms with Gasteiger partial charge in [0.1, 0.15) is 5.82 Å². The van der Waals surface area contributed by atoms with Crippen LogP contribution in [0.25, 0.3) is 0 Å². The molecule has 3 rings (SSSR count). The summed E-state index contributed by atoms with van der Waals surface area (Å²) in [5.41, 5.74) is 0. The third kappa shape index (κ3) is 2.25. The smallest absolute Gasteiger partial charge is 0.307 e. The van der Waals surface area contributed by atoms with Crippen molar-refractivity contribution in [3.05, 3.63) is 11.6 Å². The van der Waals surface area contributed by atoms with Gasteiger partial charge in [-0.05, 0) is 18.8 Å². The Balaban J connectivity index is 1.70. The molecule has 2 atom stereocenters. The van der Waals surface area contributed by atoms with Gasteiger partial charge in [0.15, 0.2) is 5.82 Å². The first-order valence-corrected chi connectivity index (χ1v) is 6.45. The molecule has 1 fully saturated rings. The Labute approximate surface area is 105 Å². The highest BCUT2D eigenvalue weighted by Crippen LogP contribution is 2.21. The molecule has 1 saturated heterocycles. The molecule has 1 N–H and O–H groups in total. The second kappa shape index (κ2) is 4.68. The minimum atomic E-state index is -0.727. The van der Waals surface area contributed by atoms with Crippen LogP contribution in [-0.2, 0) is 28.9 Å². The second-order valence-electron chi connectivity index (χ2n) is 5.13. The van der Waals surface area contributed by atoms with Crippen LogP contribution in [0.2, 0.25) is 0 Å². The van der Waals surface area contributed by atoms with E-state index in [0.717, 1.165) is 37.7 Å². The average Bonchev–Trinajstić information content (AvgIpc) is 2.96. The quantitative estimate of drug-likeness (QED) is 0.846. The summed E-state index contributed by atoms with van der Waals surface area (Å²) in [6, 6.07) is 0. The first-order valence-electron chi connectivity index (χ1n) is 6.45. The molecule has 3 heterocycles. The summed E-state index contributed by atoms with van der Waals surface area (Å²) in [6.07, 6.45) is 3.07. The molecule has 2 aliphatic rings. The molecule has 18 heavy (non-hydrogen) atoms. The lowest BCUT2D eigenvalue weighted by Gasteiger charge is -2.17. The van der Waals surface area contributed by atoms with Crippen LogP contribution in [0, 0.1) is 11.8 Å². The fraction of sp³-hybridized carbons (Fsp3) is 0.750. The average molecular weight is 251 g/mol. The molecule has 0 radical (unpaired) electrons. The van der Waals surface area contributed by atoms with Gasteiger partial charge in [0.25, 0.3) is 0 Å². The standard InChI is InChI=1S/C12H17N3O3/c16-12(17)9-1-3-15-11(6-9)13-10(14-15)5-8-2-4-18-7-8/h8-9H,1-7H2,(H,16,17). The van der Waals surface area contributed by atoms with Gasteiger partial charge in [0.05, 0.1) is 5.92 Å². The topological polar surface area (TPSA) is 77.2 Å². The van der Waals surface area contributed by atoms with Crippen LogP contribution < -0.4 is 0 Å². The van der Waals surface area contributed by atoms with Crippen molar-refractivity contribution in [3.63, 3.8) is 0 Å². The molecule has 0 aromatic carbocycles. The SMILES string of the molecule is O=C(O)C1CCn2nc(CC3CCOC3)nc2C1. The Kier molecular flexibility index (Phi) is 3.03. The van der Waals surface area contributed by atoms with Crippen molar-refractivity contribution in [3.8, 4) is 0 Å². The van der Waals surface area contributed by atoms with Crippen LogP contribution in [0.5, 0.6) is 0 Å². The fourth-order valence-corrected chi connectivity index (χ4v) is 2.66. The number of aryl methyl sites for hydroxylation is 1. The highest BCUT2D eigenvalue weighted by Gasteiger charge is 2.27. The van der Waals surface area contributed by atoms with Gasteiger partial charge in [-0.25, -0.2) is 9.67 Å². The molecule has 6 nitrogen and oxygen atoms in total. The first-order chi connectivity index (χ1) is 8.72. The van der Waals surface area contributed by atoms with E-state index in [-0.39, 0.29) is 5.92 Å². The van der Waals surface area contributed by atoms with E-state index in [9.17, 15) is 4.79 Å². The van der Waals surface area contributed by atoms with Gasteiger partial charge in [0, 0.05) is 32.6 Å². The van der Waals surface area contributed by atoms with E-state index in [1.165, 1.54) is 0 Å². The highest BCUT2D eigenvalue weighted by molar-refractivity contribution is 5.70. The lowest BCUT2D eigenvalue weighted by Crippen LogP contribution is -2.26. The summed E-state index contributed by atoms with van der Waals surface area (Å²) < 4.78 is 7.21. The molecule has 0 saturated carbocycles. The molecule has 0 amide bonds.